The summed E-state index contributed by atoms with van der Waals surface area (Å²) < 4.78 is 30.5. The minimum atomic E-state index is -0.137. The van der Waals surface area contributed by atoms with E-state index in [-0.39, 0.29) is 36.6 Å². The lowest BCUT2D eigenvalue weighted by atomic mass is 9.88. The van der Waals surface area contributed by atoms with Gasteiger partial charge >= 0.3 is 0 Å². The van der Waals surface area contributed by atoms with Gasteiger partial charge in [0.25, 0.3) is 0 Å². The van der Waals surface area contributed by atoms with Crippen LogP contribution in [0.5, 0.6) is 5.75 Å². The van der Waals surface area contributed by atoms with Crippen molar-refractivity contribution in [2.45, 2.75) is 75.7 Å². The zero-order valence-electron chi connectivity index (χ0n) is 16.8. The highest BCUT2D eigenvalue weighted by Crippen LogP contribution is 2.52. The first-order valence-corrected chi connectivity index (χ1v) is 11.1. The van der Waals surface area contributed by atoms with Crippen LogP contribution in [0.2, 0.25) is 0 Å². The van der Waals surface area contributed by atoms with E-state index in [9.17, 15) is 4.79 Å². The summed E-state index contributed by atoms with van der Waals surface area (Å²) in [6, 6.07) is 5.84. The molecule has 1 aliphatic carbocycles. The molecule has 2 saturated heterocycles. The van der Waals surface area contributed by atoms with E-state index >= 15 is 0 Å². The predicted octanol–water partition coefficient (Wildman–Crippen LogP) is 3.82. The first kappa shape index (κ1) is 19.5. The lowest BCUT2D eigenvalue weighted by Gasteiger charge is -2.31. The van der Waals surface area contributed by atoms with Crippen molar-refractivity contribution in [1.82, 2.24) is 0 Å². The molecule has 1 aromatic rings. The Labute approximate surface area is 171 Å². The van der Waals surface area contributed by atoms with Gasteiger partial charge in [0.05, 0.1) is 18.3 Å². The lowest BCUT2D eigenvalue weighted by molar-refractivity contribution is -0.210. The maximum atomic E-state index is 11.5. The average Bonchev–Trinajstić information content (AvgIpc) is 3.29. The molecular formula is C23H30O6. The molecule has 0 N–H and O–H groups in total. The second-order valence-electron chi connectivity index (χ2n) is 8.57. The van der Waals surface area contributed by atoms with Crippen molar-refractivity contribution >= 4 is 6.29 Å². The van der Waals surface area contributed by atoms with E-state index in [1.807, 2.05) is 12.1 Å². The van der Waals surface area contributed by atoms with E-state index < -0.39 is 0 Å². The van der Waals surface area contributed by atoms with E-state index in [0.717, 1.165) is 75.8 Å². The van der Waals surface area contributed by atoms with E-state index in [0.29, 0.717) is 12.2 Å². The van der Waals surface area contributed by atoms with E-state index in [2.05, 4.69) is 6.07 Å². The summed E-state index contributed by atoms with van der Waals surface area (Å²) in [5.74, 6) is 1.06. The topological polar surface area (TPSA) is 63.2 Å². The lowest BCUT2D eigenvalue weighted by Crippen LogP contribution is -2.34. The summed E-state index contributed by atoms with van der Waals surface area (Å²) in [5.41, 5.74) is 1.73. The maximum absolute atomic E-state index is 11.5. The number of aldehydes is 1. The van der Waals surface area contributed by atoms with Gasteiger partial charge in [-0.3, -0.25) is 4.79 Å². The molecule has 1 saturated carbocycles. The summed E-state index contributed by atoms with van der Waals surface area (Å²) >= 11 is 0. The molecule has 0 radical (unpaired) electrons. The van der Waals surface area contributed by atoms with Crippen molar-refractivity contribution < 1.29 is 28.5 Å². The largest absolute Gasteiger partial charge is 0.489 e. The van der Waals surface area contributed by atoms with Gasteiger partial charge in [0.15, 0.2) is 18.9 Å². The van der Waals surface area contributed by atoms with Crippen LogP contribution in [0.25, 0.3) is 0 Å². The molecule has 6 nitrogen and oxygen atoms in total. The van der Waals surface area contributed by atoms with Crippen LogP contribution >= 0.6 is 0 Å². The van der Waals surface area contributed by atoms with Crippen molar-refractivity contribution in [3.8, 4) is 5.75 Å². The number of carbonyl (C=O) groups is 1. The molecule has 5 rings (SSSR count). The van der Waals surface area contributed by atoms with Crippen molar-refractivity contribution in [3.05, 3.63) is 29.3 Å². The fourth-order valence-corrected chi connectivity index (χ4v) is 5.27. The molecule has 3 aliphatic heterocycles. The van der Waals surface area contributed by atoms with Crippen LogP contribution in [0.4, 0.5) is 0 Å². The first-order chi connectivity index (χ1) is 14.3. The maximum Gasteiger partial charge on any atom is 0.157 e. The summed E-state index contributed by atoms with van der Waals surface area (Å²) in [7, 11) is 0. The van der Waals surface area contributed by atoms with E-state index in [1.165, 1.54) is 0 Å². The van der Waals surface area contributed by atoms with Crippen molar-refractivity contribution in [2.75, 3.05) is 19.8 Å². The third-order valence-electron chi connectivity index (χ3n) is 6.71. The third-order valence-corrected chi connectivity index (χ3v) is 6.71. The normalized spacial score (nSPS) is 36.3. The van der Waals surface area contributed by atoms with Crippen LogP contribution in [-0.2, 0) is 18.9 Å². The first-order valence-electron chi connectivity index (χ1n) is 11.1. The Hall–Kier alpha value is -1.47. The quantitative estimate of drug-likeness (QED) is 0.674. The molecule has 6 atom stereocenters. The van der Waals surface area contributed by atoms with Gasteiger partial charge in [-0.1, -0.05) is 12.1 Å². The molecule has 158 valence electrons. The van der Waals surface area contributed by atoms with E-state index in [4.69, 9.17) is 23.7 Å². The van der Waals surface area contributed by atoms with Crippen LogP contribution in [0.15, 0.2) is 18.2 Å². The van der Waals surface area contributed by atoms with Crippen LogP contribution in [0.1, 0.15) is 66.8 Å². The Bertz CT molecular complexity index is 709. The number of hydrogen-bond acceptors (Lipinski definition) is 6. The molecule has 6 heteroatoms. The zero-order valence-corrected chi connectivity index (χ0v) is 16.8. The molecule has 0 spiro atoms. The minimum absolute atomic E-state index is 0.0144. The number of carbonyl (C=O) groups excluding carboxylic acids is 1. The van der Waals surface area contributed by atoms with E-state index in [1.54, 1.807) is 0 Å². The predicted molar refractivity (Wildman–Crippen MR) is 105 cm³/mol. The molecule has 3 fully saturated rings. The number of benzene rings is 1. The fourth-order valence-electron chi connectivity index (χ4n) is 5.27. The van der Waals surface area contributed by atoms with Gasteiger partial charge in [0, 0.05) is 37.0 Å². The molecule has 0 amide bonds. The molecule has 0 bridgehead atoms. The Morgan fingerprint density at radius 2 is 1.83 bits per heavy atom. The highest BCUT2D eigenvalue weighted by atomic mass is 16.7. The number of para-hydroxylation sites is 1. The minimum Gasteiger partial charge on any atom is -0.489 e. The molecule has 3 heterocycles. The van der Waals surface area contributed by atoms with Gasteiger partial charge in [-0.15, -0.1) is 0 Å². The van der Waals surface area contributed by atoms with Gasteiger partial charge < -0.3 is 23.7 Å². The van der Waals surface area contributed by atoms with Crippen LogP contribution in [0.3, 0.4) is 0 Å². The Morgan fingerprint density at radius 3 is 2.55 bits per heavy atom. The van der Waals surface area contributed by atoms with Crippen LogP contribution in [-0.4, -0.2) is 50.9 Å². The molecule has 1 aromatic carbocycles. The summed E-state index contributed by atoms with van der Waals surface area (Å²) in [4.78, 5) is 11.5. The summed E-state index contributed by atoms with van der Waals surface area (Å²) in [6.07, 6.45) is 7.82. The molecule has 29 heavy (non-hydrogen) atoms. The Kier molecular flexibility index (Phi) is 5.86. The highest BCUT2D eigenvalue weighted by Gasteiger charge is 2.52. The number of hydrogen-bond donors (Lipinski definition) is 0. The summed E-state index contributed by atoms with van der Waals surface area (Å²) in [5, 5.41) is 0. The van der Waals surface area contributed by atoms with Gasteiger partial charge in [-0.25, -0.2) is 0 Å². The molecular weight excluding hydrogens is 372 g/mol. The molecule has 0 aromatic heterocycles. The SMILES string of the molecule is O=Cc1cccc2c1O[C@H]1C[C@@H](OC3CCCCO3)[C@H](COC3CCCCO3)[C@@H]21. The van der Waals surface area contributed by atoms with Gasteiger partial charge in [0.1, 0.15) is 11.9 Å². The Morgan fingerprint density at radius 1 is 1.03 bits per heavy atom. The monoisotopic (exact) mass is 402 g/mol. The van der Waals surface area contributed by atoms with Gasteiger partial charge in [-0.2, -0.15) is 0 Å². The average molecular weight is 402 g/mol. The fraction of sp³-hybridized carbons (Fsp3) is 0.696. The third kappa shape index (κ3) is 3.96. The van der Waals surface area contributed by atoms with Gasteiger partial charge in [-0.05, 0) is 44.6 Å². The smallest absolute Gasteiger partial charge is 0.157 e. The van der Waals surface area contributed by atoms with Gasteiger partial charge in [0.2, 0.25) is 0 Å². The molecule has 2 unspecified atom stereocenters. The molecule has 4 aliphatic rings. The van der Waals surface area contributed by atoms with Crippen molar-refractivity contribution in [2.24, 2.45) is 5.92 Å². The van der Waals surface area contributed by atoms with Crippen LogP contribution < -0.4 is 4.74 Å². The Balaban J connectivity index is 1.35. The second-order valence-corrected chi connectivity index (χ2v) is 8.57. The summed E-state index contributed by atoms with van der Waals surface area (Å²) in [6.45, 7) is 2.10. The number of ether oxygens (including phenoxy) is 5. The standard InChI is InChI=1S/C23H30O6/c24-13-15-6-5-7-16-22-17(14-27-20-8-1-3-10-25-20)18(12-19(22)29-23(15)16)28-21-9-2-4-11-26-21/h5-7,13,17-22H,1-4,8-12,14H2/t17-,18+,19-,20?,21?,22+/m0/s1. The van der Waals surface area contributed by atoms with Crippen molar-refractivity contribution in [3.63, 3.8) is 0 Å². The van der Waals surface area contributed by atoms with Crippen LogP contribution in [0, 0.1) is 5.92 Å². The van der Waals surface area contributed by atoms with Crippen molar-refractivity contribution in [1.29, 1.82) is 0 Å². The number of fused-ring (bicyclic) bond motifs is 3. The number of rotatable bonds is 6. The highest BCUT2D eigenvalue weighted by molar-refractivity contribution is 5.81. The zero-order chi connectivity index (χ0) is 19.6. The second kappa shape index (κ2) is 8.72.